The molecule has 4 heteroatoms. The van der Waals surface area contributed by atoms with Crippen molar-refractivity contribution in [3.8, 4) is 0 Å². The number of carbonyl (C=O) groups excluding carboxylic acids is 1. The number of rotatable bonds is 2. The van der Waals surface area contributed by atoms with Gasteiger partial charge in [0.1, 0.15) is 0 Å². The normalized spacial score (nSPS) is 16.0. The summed E-state index contributed by atoms with van der Waals surface area (Å²) in [7, 11) is 0. The monoisotopic (exact) mass is 305 g/mol. The molecule has 0 unspecified atom stereocenters. The first-order chi connectivity index (χ1) is 11.3. The fourth-order valence-electron chi connectivity index (χ4n) is 3.36. The van der Waals surface area contributed by atoms with E-state index in [1.807, 2.05) is 47.5 Å². The summed E-state index contributed by atoms with van der Waals surface area (Å²) in [6.07, 6.45) is 2.85. The van der Waals surface area contributed by atoms with Gasteiger partial charge in [-0.2, -0.15) is 0 Å². The predicted octanol–water partition coefficient (Wildman–Crippen LogP) is 2.51. The molecule has 2 aromatic carbocycles. The van der Waals surface area contributed by atoms with Crippen LogP contribution < -0.4 is 9.80 Å². The van der Waals surface area contributed by atoms with Crippen LogP contribution in [0.5, 0.6) is 0 Å². The SMILES string of the molecule is O=C(CN1CCN=Cc2ccccc21)N1CCc2ccccc21. The number of hydrogen-bond acceptors (Lipinski definition) is 3. The molecule has 1 amide bonds. The van der Waals surface area contributed by atoms with Crippen molar-refractivity contribution in [2.45, 2.75) is 6.42 Å². The summed E-state index contributed by atoms with van der Waals surface area (Å²) in [5.74, 6) is 0.159. The van der Waals surface area contributed by atoms with Crippen molar-refractivity contribution < 1.29 is 4.79 Å². The zero-order valence-electron chi connectivity index (χ0n) is 13.0. The number of aliphatic imine (C=N–C) groups is 1. The van der Waals surface area contributed by atoms with Crippen LogP contribution in [0.1, 0.15) is 11.1 Å². The summed E-state index contributed by atoms with van der Waals surface area (Å²) in [5, 5.41) is 0. The van der Waals surface area contributed by atoms with Crippen LogP contribution in [0.15, 0.2) is 53.5 Å². The molecule has 0 aromatic heterocycles. The maximum atomic E-state index is 12.8. The van der Waals surface area contributed by atoms with Gasteiger partial charge in [-0.3, -0.25) is 9.79 Å². The van der Waals surface area contributed by atoms with Crippen molar-refractivity contribution in [2.75, 3.05) is 36.0 Å². The second-order valence-corrected chi connectivity index (χ2v) is 5.94. The van der Waals surface area contributed by atoms with Gasteiger partial charge >= 0.3 is 0 Å². The largest absolute Gasteiger partial charge is 0.360 e. The van der Waals surface area contributed by atoms with Gasteiger partial charge in [0.15, 0.2) is 0 Å². The Morgan fingerprint density at radius 1 is 1.00 bits per heavy atom. The standard InChI is InChI=1S/C19H19N3O/c23-19(22-11-9-15-5-1-4-8-18(15)22)14-21-12-10-20-13-16-6-2-3-7-17(16)21/h1-8,13H,9-12,14H2. The molecule has 2 aromatic rings. The van der Waals surface area contributed by atoms with E-state index in [1.54, 1.807) is 0 Å². The number of nitrogens with zero attached hydrogens (tertiary/aromatic N) is 3. The Hall–Kier alpha value is -2.62. The molecule has 0 aliphatic carbocycles. The molecule has 2 aliphatic heterocycles. The Labute approximate surface area is 136 Å². The third-order valence-corrected chi connectivity index (χ3v) is 4.52. The average Bonchev–Trinajstić information content (AvgIpc) is 2.92. The van der Waals surface area contributed by atoms with E-state index in [-0.39, 0.29) is 5.91 Å². The van der Waals surface area contributed by atoms with Gasteiger partial charge in [-0.1, -0.05) is 36.4 Å². The number of para-hydroxylation sites is 2. The second-order valence-electron chi connectivity index (χ2n) is 5.94. The van der Waals surface area contributed by atoms with Gasteiger partial charge in [-0.25, -0.2) is 0 Å². The molecular weight excluding hydrogens is 286 g/mol. The van der Waals surface area contributed by atoms with Crippen molar-refractivity contribution in [2.24, 2.45) is 4.99 Å². The summed E-state index contributed by atoms with van der Waals surface area (Å²) in [6, 6.07) is 16.3. The van der Waals surface area contributed by atoms with Gasteiger partial charge in [-0.15, -0.1) is 0 Å². The van der Waals surface area contributed by atoms with Crippen LogP contribution in [0.25, 0.3) is 0 Å². The summed E-state index contributed by atoms with van der Waals surface area (Å²) < 4.78 is 0. The zero-order chi connectivity index (χ0) is 15.6. The van der Waals surface area contributed by atoms with Gasteiger partial charge in [0.2, 0.25) is 5.91 Å². The van der Waals surface area contributed by atoms with E-state index in [1.165, 1.54) is 5.56 Å². The molecule has 0 saturated carbocycles. The highest BCUT2D eigenvalue weighted by Gasteiger charge is 2.26. The van der Waals surface area contributed by atoms with Gasteiger partial charge in [0.25, 0.3) is 0 Å². The van der Waals surface area contributed by atoms with Crippen LogP contribution in [0.3, 0.4) is 0 Å². The molecule has 0 fully saturated rings. The maximum absolute atomic E-state index is 12.8. The lowest BCUT2D eigenvalue weighted by Gasteiger charge is -2.26. The van der Waals surface area contributed by atoms with Crippen molar-refractivity contribution in [3.05, 3.63) is 59.7 Å². The number of carbonyl (C=O) groups is 1. The Bertz CT molecular complexity index is 769. The molecule has 4 nitrogen and oxygen atoms in total. The molecular formula is C19H19N3O. The number of fused-ring (bicyclic) bond motifs is 2. The quantitative estimate of drug-likeness (QED) is 0.855. The van der Waals surface area contributed by atoms with Crippen LogP contribution >= 0.6 is 0 Å². The topological polar surface area (TPSA) is 35.9 Å². The predicted molar refractivity (Wildman–Crippen MR) is 93.6 cm³/mol. The van der Waals surface area contributed by atoms with E-state index >= 15 is 0 Å². The van der Waals surface area contributed by atoms with E-state index in [2.05, 4.69) is 22.0 Å². The molecule has 0 bridgehead atoms. The Balaban J connectivity index is 1.56. The van der Waals surface area contributed by atoms with Crippen LogP contribution in [0, 0.1) is 0 Å². The highest BCUT2D eigenvalue weighted by Crippen LogP contribution is 2.28. The van der Waals surface area contributed by atoms with Crippen molar-refractivity contribution in [1.82, 2.24) is 0 Å². The lowest BCUT2D eigenvalue weighted by Crippen LogP contribution is -2.40. The zero-order valence-corrected chi connectivity index (χ0v) is 13.0. The van der Waals surface area contributed by atoms with E-state index in [9.17, 15) is 4.79 Å². The molecule has 2 heterocycles. The molecule has 4 rings (SSSR count). The number of benzodiazepines with no additional fused rings is 1. The highest BCUT2D eigenvalue weighted by atomic mass is 16.2. The lowest BCUT2D eigenvalue weighted by molar-refractivity contribution is -0.117. The molecule has 0 spiro atoms. The fourth-order valence-corrected chi connectivity index (χ4v) is 3.36. The van der Waals surface area contributed by atoms with Gasteiger partial charge in [0, 0.05) is 36.2 Å². The number of amides is 1. The minimum Gasteiger partial charge on any atom is -0.360 e. The number of benzene rings is 2. The molecule has 23 heavy (non-hydrogen) atoms. The van der Waals surface area contributed by atoms with E-state index in [4.69, 9.17) is 0 Å². The van der Waals surface area contributed by atoms with Gasteiger partial charge < -0.3 is 9.80 Å². The third kappa shape index (κ3) is 2.61. The molecule has 0 N–H and O–H groups in total. The van der Waals surface area contributed by atoms with E-state index in [0.29, 0.717) is 6.54 Å². The van der Waals surface area contributed by atoms with Crippen LogP contribution in [0.4, 0.5) is 11.4 Å². The van der Waals surface area contributed by atoms with E-state index < -0.39 is 0 Å². The summed E-state index contributed by atoms with van der Waals surface area (Å²) in [4.78, 5) is 21.3. The molecule has 2 aliphatic rings. The third-order valence-electron chi connectivity index (χ3n) is 4.52. The first-order valence-corrected chi connectivity index (χ1v) is 8.05. The lowest BCUT2D eigenvalue weighted by atomic mass is 10.1. The first-order valence-electron chi connectivity index (χ1n) is 8.05. The minimum absolute atomic E-state index is 0.159. The minimum atomic E-state index is 0.159. The summed E-state index contributed by atoms with van der Waals surface area (Å²) in [6.45, 7) is 2.67. The van der Waals surface area contributed by atoms with Crippen molar-refractivity contribution in [1.29, 1.82) is 0 Å². The number of anilines is 2. The van der Waals surface area contributed by atoms with Crippen molar-refractivity contribution >= 4 is 23.5 Å². The molecule has 116 valence electrons. The Kier molecular flexibility index (Phi) is 3.58. The van der Waals surface area contributed by atoms with Gasteiger partial charge in [0.05, 0.1) is 13.1 Å². The summed E-state index contributed by atoms with van der Waals surface area (Å²) in [5.41, 5.74) is 4.51. The fraction of sp³-hybridized carbons (Fsp3) is 0.263. The van der Waals surface area contributed by atoms with Crippen LogP contribution in [-0.4, -0.2) is 38.3 Å². The number of hydrogen-bond donors (Lipinski definition) is 0. The molecule has 0 saturated heterocycles. The second kappa shape index (κ2) is 5.88. The van der Waals surface area contributed by atoms with Crippen LogP contribution in [0.2, 0.25) is 0 Å². The smallest absolute Gasteiger partial charge is 0.246 e. The molecule has 0 radical (unpaired) electrons. The Morgan fingerprint density at radius 2 is 1.78 bits per heavy atom. The van der Waals surface area contributed by atoms with Gasteiger partial charge in [-0.05, 0) is 24.1 Å². The summed E-state index contributed by atoms with van der Waals surface area (Å²) >= 11 is 0. The highest BCUT2D eigenvalue weighted by molar-refractivity contribution is 5.99. The van der Waals surface area contributed by atoms with E-state index in [0.717, 1.165) is 43.0 Å². The first kappa shape index (κ1) is 14.0. The van der Waals surface area contributed by atoms with Crippen molar-refractivity contribution in [3.63, 3.8) is 0 Å². The maximum Gasteiger partial charge on any atom is 0.246 e. The Morgan fingerprint density at radius 3 is 2.70 bits per heavy atom. The van der Waals surface area contributed by atoms with Crippen LogP contribution in [-0.2, 0) is 11.2 Å². The molecule has 0 atom stereocenters. The average molecular weight is 305 g/mol.